The van der Waals surface area contributed by atoms with Gasteiger partial charge in [-0.25, -0.2) is 0 Å². The van der Waals surface area contributed by atoms with E-state index in [1.807, 2.05) is 18.2 Å². The van der Waals surface area contributed by atoms with Gasteiger partial charge < -0.3 is 11.1 Å². The number of carbonyl (C=O) groups is 2. The zero-order valence-corrected chi connectivity index (χ0v) is 12.8. The first-order valence-electron chi connectivity index (χ1n) is 7.78. The number of unbranched alkanes of at least 4 members (excludes halogenated alkanes) is 5. The van der Waals surface area contributed by atoms with Crippen molar-refractivity contribution in [2.45, 2.75) is 57.9 Å². The monoisotopic (exact) mass is 290 g/mol. The third-order valence-corrected chi connectivity index (χ3v) is 3.48. The fourth-order valence-electron chi connectivity index (χ4n) is 2.26. The molecule has 0 aliphatic carbocycles. The van der Waals surface area contributed by atoms with Crippen molar-refractivity contribution in [1.29, 1.82) is 0 Å². The van der Waals surface area contributed by atoms with Crippen LogP contribution in [0, 0.1) is 0 Å². The molecule has 0 aromatic heterocycles. The van der Waals surface area contributed by atoms with Crippen LogP contribution in [0.15, 0.2) is 30.3 Å². The van der Waals surface area contributed by atoms with E-state index in [1.54, 1.807) is 12.1 Å². The second kappa shape index (κ2) is 9.97. The predicted octanol–water partition coefficient (Wildman–Crippen LogP) is 3.08. The molecule has 0 aliphatic heterocycles. The molecular weight excluding hydrogens is 264 g/mol. The van der Waals surface area contributed by atoms with Crippen molar-refractivity contribution < 1.29 is 9.59 Å². The minimum absolute atomic E-state index is 0.113. The van der Waals surface area contributed by atoms with Gasteiger partial charge in [-0.05, 0) is 12.0 Å². The molecule has 4 heteroatoms. The van der Waals surface area contributed by atoms with Gasteiger partial charge in [0.1, 0.15) is 6.04 Å². The summed E-state index contributed by atoms with van der Waals surface area (Å²) in [4.78, 5) is 23.4. The number of carbonyl (C=O) groups excluding carboxylic acids is 2. The molecule has 0 aliphatic rings. The molecule has 0 heterocycles. The molecule has 1 unspecified atom stereocenters. The van der Waals surface area contributed by atoms with Crippen LogP contribution in [-0.2, 0) is 9.59 Å². The number of amides is 2. The Balaban J connectivity index is 2.35. The molecule has 2 amide bonds. The number of nitrogens with two attached hydrogens (primary N) is 1. The van der Waals surface area contributed by atoms with E-state index in [1.165, 1.54) is 25.7 Å². The molecule has 0 fully saturated rings. The highest BCUT2D eigenvalue weighted by Crippen LogP contribution is 2.13. The standard InChI is InChI=1S/C17H26N2O2/c1-2-3-4-5-6-10-13-15(20)19-16(17(18)21)14-11-8-7-9-12-14/h7-9,11-12,16H,2-6,10,13H2,1H3,(H2,18,21)(H,19,20). The van der Waals surface area contributed by atoms with Crippen molar-refractivity contribution in [1.82, 2.24) is 5.32 Å². The van der Waals surface area contributed by atoms with E-state index in [4.69, 9.17) is 5.73 Å². The number of primary amides is 1. The Labute approximate surface area is 127 Å². The smallest absolute Gasteiger partial charge is 0.244 e. The van der Waals surface area contributed by atoms with E-state index in [0.717, 1.165) is 18.4 Å². The lowest BCUT2D eigenvalue weighted by Crippen LogP contribution is -2.37. The second-order valence-corrected chi connectivity index (χ2v) is 5.33. The summed E-state index contributed by atoms with van der Waals surface area (Å²) in [5.74, 6) is -0.643. The molecule has 1 aromatic carbocycles. The third-order valence-electron chi connectivity index (χ3n) is 3.48. The first-order valence-corrected chi connectivity index (χ1v) is 7.78. The highest BCUT2D eigenvalue weighted by atomic mass is 16.2. The molecule has 116 valence electrons. The largest absolute Gasteiger partial charge is 0.368 e. The van der Waals surface area contributed by atoms with Crippen LogP contribution in [0.4, 0.5) is 0 Å². The fraction of sp³-hybridized carbons (Fsp3) is 0.529. The van der Waals surface area contributed by atoms with E-state index in [9.17, 15) is 9.59 Å². The molecule has 1 rings (SSSR count). The van der Waals surface area contributed by atoms with Crippen LogP contribution in [0.2, 0.25) is 0 Å². The van der Waals surface area contributed by atoms with Crippen LogP contribution in [0.5, 0.6) is 0 Å². The Morgan fingerprint density at radius 3 is 2.29 bits per heavy atom. The summed E-state index contributed by atoms with van der Waals surface area (Å²) >= 11 is 0. The molecule has 0 saturated heterocycles. The van der Waals surface area contributed by atoms with Gasteiger partial charge in [-0.15, -0.1) is 0 Å². The number of hydrogen-bond donors (Lipinski definition) is 2. The molecule has 3 N–H and O–H groups in total. The van der Waals surface area contributed by atoms with Gasteiger partial charge in [0, 0.05) is 6.42 Å². The molecule has 0 spiro atoms. The van der Waals surface area contributed by atoms with E-state index in [2.05, 4.69) is 12.2 Å². The van der Waals surface area contributed by atoms with E-state index in [0.29, 0.717) is 6.42 Å². The molecular formula is C17H26N2O2. The van der Waals surface area contributed by atoms with Crippen LogP contribution >= 0.6 is 0 Å². The Bertz CT molecular complexity index is 432. The molecule has 21 heavy (non-hydrogen) atoms. The number of benzene rings is 1. The van der Waals surface area contributed by atoms with Crippen molar-refractivity contribution >= 4 is 11.8 Å². The minimum Gasteiger partial charge on any atom is -0.368 e. The summed E-state index contributed by atoms with van der Waals surface area (Å²) in [6, 6.07) is 8.36. The summed E-state index contributed by atoms with van der Waals surface area (Å²) in [6.45, 7) is 2.18. The Morgan fingerprint density at radius 2 is 1.67 bits per heavy atom. The number of hydrogen-bond acceptors (Lipinski definition) is 2. The van der Waals surface area contributed by atoms with Crippen LogP contribution in [0.3, 0.4) is 0 Å². The summed E-state index contributed by atoms with van der Waals surface area (Å²) in [5.41, 5.74) is 6.10. The third kappa shape index (κ3) is 6.93. The van der Waals surface area contributed by atoms with Crippen molar-refractivity contribution in [3.63, 3.8) is 0 Å². The Kier molecular flexibility index (Phi) is 8.17. The van der Waals surface area contributed by atoms with Crippen LogP contribution in [0.1, 0.15) is 63.5 Å². The summed E-state index contributed by atoms with van der Waals surface area (Å²) in [5, 5.41) is 2.72. The Hall–Kier alpha value is -1.84. The fourth-order valence-corrected chi connectivity index (χ4v) is 2.26. The van der Waals surface area contributed by atoms with Gasteiger partial charge in [0.2, 0.25) is 11.8 Å². The zero-order chi connectivity index (χ0) is 15.5. The van der Waals surface area contributed by atoms with Crippen molar-refractivity contribution in [3.05, 3.63) is 35.9 Å². The summed E-state index contributed by atoms with van der Waals surface area (Å²) < 4.78 is 0. The molecule has 4 nitrogen and oxygen atoms in total. The van der Waals surface area contributed by atoms with Crippen molar-refractivity contribution in [2.24, 2.45) is 5.73 Å². The van der Waals surface area contributed by atoms with E-state index >= 15 is 0 Å². The van der Waals surface area contributed by atoms with E-state index in [-0.39, 0.29) is 5.91 Å². The van der Waals surface area contributed by atoms with Gasteiger partial charge in [0.25, 0.3) is 0 Å². The van der Waals surface area contributed by atoms with Crippen molar-refractivity contribution in [3.8, 4) is 0 Å². The number of nitrogens with one attached hydrogen (secondary N) is 1. The lowest BCUT2D eigenvalue weighted by Gasteiger charge is -2.15. The molecule has 0 saturated carbocycles. The maximum atomic E-state index is 11.9. The van der Waals surface area contributed by atoms with Crippen LogP contribution in [-0.4, -0.2) is 11.8 Å². The second-order valence-electron chi connectivity index (χ2n) is 5.33. The van der Waals surface area contributed by atoms with Crippen molar-refractivity contribution in [2.75, 3.05) is 0 Å². The van der Waals surface area contributed by atoms with Gasteiger partial charge >= 0.3 is 0 Å². The van der Waals surface area contributed by atoms with Gasteiger partial charge in [-0.2, -0.15) is 0 Å². The average molecular weight is 290 g/mol. The molecule has 0 bridgehead atoms. The lowest BCUT2D eigenvalue weighted by atomic mass is 10.1. The maximum Gasteiger partial charge on any atom is 0.244 e. The first kappa shape index (κ1) is 17.2. The maximum absolute atomic E-state index is 11.9. The molecule has 0 radical (unpaired) electrons. The highest BCUT2D eigenvalue weighted by Gasteiger charge is 2.19. The minimum atomic E-state index is -0.737. The van der Waals surface area contributed by atoms with E-state index < -0.39 is 11.9 Å². The summed E-state index contributed by atoms with van der Waals surface area (Å²) in [7, 11) is 0. The predicted molar refractivity (Wildman–Crippen MR) is 84.5 cm³/mol. The Morgan fingerprint density at radius 1 is 1.05 bits per heavy atom. The normalized spacial score (nSPS) is 11.9. The average Bonchev–Trinajstić information content (AvgIpc) is 2.49. The quantitative estimate of drug-likeness (QED) is 0.650. The highest BCUT2D eigenvalue weighted by molar-refractivity contribution is 5.87. The SMILES string of the molecule is CCCCCCCCC(=O)NC(C(N)=O)c1ccccc1. The molecule has 1 aromatic rings. The van der Waals surface area contributed by atoms with Crippen LogP contribution in [0.25, 0.3) is 0 Å². The van der Waals surface area contributed by atoms with Crippen LogP contribution < -0.4 is 11.1 Å². The van der Waals surface area contributed by atoms with Gasteiger partial charge in [0.05, 0.1) is 0 Å². The van der Waals surface area contributed by atoms with Gasteiger partial charge in [0.15, 0.2) is 0 Å². The first-order chi connectivity index (χ1) is 10.1. The molecule has 1 atom stereocenters. The lowest BCUT2D eigenvalue weighted by molar-refractivity contribution is -0.127. The van der Waals surface area contributed by atoms with Gasteiger partial charge in [-0.1, -0.05) is 69.4 Å². The summed E-state index contributed by atoms with van der Waals surface area (Å²) in [6.07, 6.45) is 7.23. The zero-order valence-electron chi connectivity index (χ0n) is 12.8. The topological polar surface area (TPSA) is 72.2 Å². The number of rotatable bonds is 10. The van der Waals surface area contributed by atoms with Gasteiger partial charge in [-0.3, -0.25) is 9.59 Å².